The average molecular weight is 339 g/mol. The summed E-state index contributed by atoms with van der Waals surface area (Å²) < 4.78 is 27.1. The van der Waals surface area contributed by atoms with Crippen LogP contribution < -0.4 is 9.88 Å². The molecule has 1 aromatic carbocycles. The molecule has 1 aromatic rings. The second-order valence-electron chi connectivity index (χ2n) is 3.44. The van der Waals surface area contributed by atoms with E-state index >= 15 is 0 Å². The van der Waals surface area contributed by atoms with Gasteiger partial charge < -0.3 is 4.74 Å². The van der Waals surface area contributed by atoms with Crippen molar-refractivity contribution in [2.75, 3.05) is 12.4 Å². The number of rotatable bonds is 6. The molecule has 0 radical (unpaired) electrons. The Kier molecular flexibility index (Phi) is 5.05. The summed E-state index contributed by atoms with van der Waals surface area (Å²) in [7, 11) is -3.53. The summed E-state index contributed by atoms with van der Waals surface area (Å²) >= 11 is 3.12. The van der Waals surface area contributed by atoms with E-state index in [0.717, 1.165) is 0 Å². The van der Waals surface area contributed by atoms with E-state index in [2.05, 4.69) is 15.9 Å². The summed E-state index contributed by atoms with van der Waals surface area (Å²) in [6.07, 6.45) is 0.173. The smallest absolute Gasteiger partial charge is 0.312 e. The van der Waals surface area contributed by atoms with Gasteiger partial charge in [0.2, 0.25) is 10.0 Å². The number of nitrogens with zero attached hydrogens (tertiary/aromatic N) is 1. The fourth-order valence-electron chi connectivity index (χ4n) is 1.20. The lowest BCUT2D eigenvalue weighted by molar-refractivity contribution is -0.385. The van der Waals surface area contributed by atoms with Crippen molar-refractivity contribution in [2.45, 2.75) is 6.42 Å². The first-order valence-corrected chi connectivity index (χ1v) is 7.37. The van der Waals surface area contributed by atoms with Gasteiger partial charge in [0.1, 0.15) is 0 Å². The molecule has 0 fully saturated rings. The molecule has 18 heavy (non-hydrogen) atoms. The minimum absolute atomic E-state index is 0.0406. The van der Waals surface area contributed by atoms with Crippen LogP contribution in [-0.2, 0) is 10.0 Å². The molecule has 0 saturated heterocycles. The van der Waals surface area contributed by atoms with E-state index in [0.29, 0.717) is 4.47 Å². The van der Waals surface area contributed by atoms with E-state index in [9.17, 15) is 18.5 Å². The standard InChI is InChI=1S/C9H11BrN2O5S/c10-7-2-3-9(8(6-7)12(13)14)17-4-1-5-18(11,15)16/h2-3,6H,1,4-5H2,(H2,11,15,16). The lowest BCUT2D eigenvalue weighted by Crippen LogP contribution is -2.18. The van der Waals surface area contributed by atoms with Gasteiger partial charge >= 0.3 is 5.69 Å². The number of ether oxygens (including phenoxy) is 1. The third-order valence-electron chi connectivity index (χ3n) is 1.95. The van der Waals surface area contributed by atoms with Gasteiger partial charge in [-0.05, 0) is 18.6 Å². The molecule has 0 atom stereocenters. The van der Waals surface area contributed by atoms with Crippen LogP contribution in [-0.4, -0.2) is 25.7 Å². The molecule has 0 aliphatic rings. The van der Waals surface area contributed by atoms with Crippen LogP contribution in [0.4, 0.5) is 5.69 Å². The van der Waals surface area contributed by atoms with Gasteiger partial charge in [-0.3, -0.25) is 10.1 Å². The summed E-state index contributed by atoms with van der Waals surface area (Å²) in [5.41, 5.74) is -0.181. The molecule has 0 unspecified atom stereocenters. The second-order valence-corrected chi connectivity index (χ2v) is 6.09. The first-order chi connectivity index (χ1) is 8.29. The zero-order valence-electron chi connectivity index (χ0n) is 9.21. The Labute approximate surface area is 112 Å². The Bertz CT molecular complexity index is 546. The monoisotopic (exact) mass is 338 g/mol. The highest BCUT2D eigenvalue weighted by atomic mass is 79.9. The molecule has 0 spiro atoms. The molecule has 0 aliphatic carbocycles. The van der Waals surface area contributed by atoms with Gasteiger partial charge in [0.25, 0.3) is 0 Å². The van der Waals surface area contributed by atoms with Crippen molar-refractivity contribution in [2.24, 2.45) is 5.14 Å². The topological polar surface area (TPSA) is 113 Å². The predicted molar refractivity (Wildman–Crippen MR) is 68.9 cm³/mol. The molecule has 100 valence electrons. The Morgan fingerprint density at radius 1 is 1.44 bits per heavy atom. The van der Waals surface area contributed by atoms with Crippen LogP contribution in [0.5, 0.6) is 5.75 Å². The van der Waals surface area contributed by atoms with E-state index in [-0.39, 0.29) is 30.2 Å². The van der Waals surface area contributed by atoms with Crippen LogP contribution >= 0.6 is 15.9 Å². The van der Waals surface area contributed by atoms with E-state index in [1.807, 2.05) is 0 Å². The van der Waals surface area contributed by atoms with Crippen LogP contribution in [0.3, 0.4) is 0 Å². The van der Waals surface area contributed by atoms with Gasteiger partial charge in [-0.2, -0.15) is 0 Å². The minimum atomic E-state index is -3.53. The fourth-order valence-corrected chi connectivity index (χ4v) is 2.07. The number of nitrogens with two attached hydrogens (primary N) is 1. The lowest BCUT2D eigenvalue weighted by Gasteiger charge is -2.06. The third kappa shape index (κ3) is 4.98. The Balaban J connectivity index is 2.65. The molecule has 0 amide bonds. The van der Waals surface area contributed by atoms with E-state index in [4.69, 9.17) is 9.88 Å². The van der Waals surface area contributed by atoms with Gasteiger partial charge in [-0.1, -0.05) is 15.9 Å². The Morgan fingerprint density at radius 3 is 2.67 bits per heavy atom. The van der Waals surface area contributed by atoms with Crippen LogP contribution in [0.15, 0.2) is 22.7 Å². The van der Waals surface area contributed by atoms with Crippen molar-refractivity contribution in [1.82, 2.24) is 0 Å². The molecular formula is C9H11BrN2O5S. The van der Waals surface area contributed by atoms with Crippen LogP contribution in [0.25, 0.3) is 0 Å². The van der Waals surface area contributed by atoms with Gasteiger partial charge in [-0.15, -0.1) is 0 Å². The summed E-state index contributed by atoms with van der Waals surface area (Å²) in [5.74, 6) is -0.130. The molecular weight excluding hydrogens is 328 g/mol. The number of hydrogen-bond donors (Lipinski definition) is 1. The predicted octanol–water partition coefficient (Wildman–Crippen LogP) is 1.41. The molecule has 7 nitrogen and oxygen atoms in total. The van der Waals surface area contributed by atoms with Crippen LogP contribution in [0.1, 0.15) is 6.42 Å². The van der Waals surface area contributed by atoms with Gasteiger partial charge in [0.05, 0.1) is 17.3 Å². The van der Waals surface area contributed by atoms with Crippen LogP contribution in [0.2, 0.25) is 0 Å². The normalized spacial score (nSPS) is 11.2. The number of primary sulfonamides is 1. The first kappa shape index (κ1) is 14.9. The molecule has 0 aliphatic heterocycles. The average Bonchev–Trinajstić information content (AvgIpc) is 2.24. The molecule has 0 bridgehead atoms. The molecule has 0 saturated carbocycles. The third-order valence-corrected chi connectivity index (χ3v) is 3.30. The summed E-state index contributed by atoms with van der Waals surface area (Å²) in [4.78, 5) is 10.2. The summed E-state index contributed by atoms with van der Waals surface area (Å²) in [5, 5.41) is 15.6. The zero-order valence-corrected chi connectivity index (χ0v) is 11.6. The second kappa shape index (κ2) is 6.12. The van der Waals surface area contributed by atoms with Crippen molar-refractivity contribution in [3.63, 3.8) is 0 Å². The fraction of sp³-hybridized carbons (Fsp3) is 0.333. The highest BCUT2D eigenvalue weighted by Gasteiger charge is 2.15. The summed E-state index contributed by atoms with van der Waals surface area (Å²) in [6.45, 7) is 0.0406. The molecule has 1 rings (SSSR count). The maximum Gasteiger partial charge on any atom is 0.312 e. The number of benzene rings is 1. The van der Waals surface area contributed by atoms with Gasteiger partial charge in [0.15, 0.2) is 5.75 Å². The van der Waals surface area contributed by atoms with Crippen molar-refractivity contribution in [1.29, 1.82) is 0 Å². The number of sulfonamides is 1. The van der Waals surface area contributed by atoms with E-state index in [1.54, 1.807) is 6.07 Å². The Morgan fingerprint density at radius 2 is 2.11 bits per heavy atom. The number of hydrogen-bond acceptors (Lipinski definition) is 5. The number of nitro benzene ring substituents is 1. The zero-order chi connectivity index (χ0) is 13.8. The Hall–Kier alpha value is -1.19. The lowest BCUT2D eigenvalue weighted by atomic mass is 10.3. The first-order valence-electron chi connectivity index (χ1n) is 4.87. The van der Waals surface area contributed by atoms with Crippen molar-refractivity contribution in [3.8, 4) is 5.75 Å². The SMILES string of the molecule is NS(=O)(=O)CCCOc1ccc(Br)cc1[N+](=O)[O-]. The van der Waals surface area contributed by atoms with Crippen LogP contribution in [0, 0.1) is 10.1 Å². The highest BCUT2D eigenvalue weighted by Crippen LogP contribution is 2.30. The van der Waals surface area contributed by atoms with E-state index in [1.165, 1.54) is 12.1 Å². The summed E-state index contributed by atoms with van der Waals surface area (Å²) in [6, 6.07) is 4.36. The largest absolute Gasteiger partial charge is 0.487 e. The highest BCUT2D eigenvalue weighted by molar-refractivity contribution is 9.10. The number of nitro groups is 1. The molecule has 2 N–H and O–H groups in total. The van der Waals surface area contributed by atoms with Crippen molar-refractivity contribution < 1.29 is 18.1 Å². The van der Waals surface area contributed by atoms with Gasteiger partial charge in [0, 0.05) is 10.5 Å². The maximum atomic E-state index is 10.8. The molecule has 9 heteroatoms. The van der Waals surface area contributed by atoms with Crippen molar-refractivity contribution >= 4 is 31.6 Å². The molecule has 0 heterocycles. The van der Waals surface area contributed by atoms with E-state index < -0.39 is 14.9 Å². The molecule has 0 aromatic heterocycles. The minimum Gasteiger partial charge on any atom is -0.487 e. The quantitative estimate of drug-likeness (QED) is 0.478. The van der Waals surface area contributed by atoms with Crippen molar-refractivity contribution in [3.05, 3.63) is 32.8 Å². The maximum absolute atomic E-state index is 10.8. The van der Waals surface area contributed by atoms with Gasteiger partial charge in [-0.25, -0.2) is 13.6 Å². The number of halogens is 1.